The van der Waals surface area contributed by atoms with Crippen LogP contribution in [-0.2, 0) is 0 Å². The molecule has 0 radical (unpaired) electrons. The number of amides is 1. The summed E-state index contributed by atoms with van der Waals surface area (Å²) >= 11 is 5.75. The first kappa shape index (κ1) is 15.8. The lowest BCUT2D eigenvalue weighted by atomic mass is 10.0. The van der Waals surface area contributed by atoms with Gasteiger partial charge in [0.05, 0.1) is 5.56 Å². The number of aromatic hydroxyl groups is 1. The zero-order valence-electron chi connectivity index (χ0n) is 11.6. The Morgan fingerprint density at radius 1 is 1.42 bits per heavy atom. The van der Waals surface area contributed by atoms with E-state index >= 15 is 0 Å². The molecule has 3 nitrogen and oxygen atoms in total. The zero-order chi connectivity index (χ0) is 14.3. The molecule has 2 N–H and O–H groups in total. The molecule has 106 valence electrons. The van der Waals surface area contributed by atoms with Gasteiger partial charge in [0.2, 0.25) is 0 Å². The molecule has 0 aliphatic heterocycles. The van der Waals surface area contributed by atoms with Crippen molar-refractivity contribution in [2.45, 2.75) is 33.1 Å². The highest BCUT2D eigenvalue weighted by molar-refractivity contribution is 6.17. The molecule has 1 rings (SSSR count). The Labute approximate surface area is 120 Å². The number of benzene rings is 1. The van der Waals surface area contributed by atoms with Crippen LogP contribution in [0.25, 0.3) is 0 Å². The summed E-state index contributed by atoms with van der Waals surface area (Å²) in [6.45, 7) is 4.60. The van der Waals surface area contributed by atoms with Crippen molar-refractivity contribution in [2.75, 3.05) is 12.4 Å². The molecule has 0 aromatic heterocycles. The first-order valence-electron chi connectivity index (χ1n) is 6.72. The molecular formula is C15H22ClNO2. The molecular weight excluding hydrogens is 262 g/mol. The van der Waals surface area contributed by atoms with Gasteiger partial charge in [-0.2, -0.15) is 0 Å². The Morgan fingerprint density at radius 2 is 2.16 bits per heavy atom. The van der Waals surface area contributed by atoms with Crippen molar-refractivity contribution in [1.82, 2.24) is 5.32 Å². The number of hydrogen-bond donors (Lipinski definition) is 2. The van der Waals surface area contributed by atoms with Crippen LogP contribution in [0.3, 0.4) is 0 Å². The summed E-state index contributed by atoms with van der Waals surface area (Å²) in [6.07, 6.45) is 3.02. The van der Waals surface area contributed by atoms with E-state index in [-0.39, 0.29) is 11.7 Å². The van der Waals surface area contributed by atoms with E-state index in [1.807, 2.05) is 13.0 Å². The topological polar surface area (TPSA) is 49.3 Å². The molecule has 0 aliphatic rings. The zero-order valence-corrected chi connectivity index (χ0v) is 12.3. The summed E-state index contributed by atoms with van der Waals surface area (Å²) in [6, 6.07) is 5.06. The number of carbonyl (C=O) groups is 1. The molecule has 0 aliphatic carbocycles. The van der Waals surface area contributed by atoms with E-state index < -0.39 is 0 Å². The number of halogens is 1. The van der Waals surface area contributed by atoms with Gasteiger partial charge in [0.15, 0.2) is 0 Å². The maximum atomic E-state index is 12.0. The number of carbonyl (C=O) groups excluding carboxylic acids is 1. The van der Waals surface area contributed by atoms with E-state index in [2.05, 4.69) is 12.2 Å². The molecule has 1 amide bonds. The monoisotopic (exact) mass is 283 g/mol. The van der Waals surface area contributed by atoms with Crippen molar-refractivity contribution in [1.29, 1.82) is 0 Å². The Bertz CT molecular complexity index is 415. The number of phenolic OH excluding ortho intramolecular Hbond substituents is 1. The van der Waals surface area contributed by atoms with Crippen LogP contribution >= 0.6 is 11.6 Å². The lowest BCUT2D eigenvalue weighted by Gasteiger charge is -2.16. The predicted octanol–water partition coefficient (Wildman–Crippen LogP) is 3.48. The van der Waals surface area contributed by atoms with Crippen LogP contribution in [0.5, 0.6) is 5.75 Å². The molecule has 0 fully saturated rings. The van der Waals surface area contributed by atoms with Crippen LogP contribution in [0.4, 0.5) is 0 Å². The summed E-state index contributed by atoms with van der Waals surface area (Å²) in [5, 5.41) is 12.6. The summed E-state index contributed by atoms with van der Waals surface area (Å²) in [5.41, 5.74) is 1.26. The smallest absolute Gasteiger partial charge is 0.255 e. The van der Waals surface area contributed by atoms with Crippen LogP contribution in [0, 0.1) is 12.8 Å². The fraction of sp³-hybridized carbons (Fsp3) is 0.533. The van der Waals surface area contributed by atoms with Crippen molar-refractivity contribution in [3.05, 3.63) is 29.3 Å². The maximum absolute atomic E-state index is 12.0. The quantitative estimate of drug-likeness (QED) is 0.753. The predicted molar refractivity (Wildman–Crippen MR) is 78.9 cm³/mol. The second-order valence-corrected chi connectivity index (χ2v) is 5.24. The fourth-order valence-electron chi connectivity index (χ4n) is 2.08. The van der Waals surface area contributed by atoms with Gasteiger partial charge in [0.25, 0.3) is 5.91 Å². The van der Waals surface area contributed by atoms with Gasteiger partial charge in [0.1, 0.15) is 5.75 Å². The van der Waals surface area contributed by atoms with Gasteiger partial charge in [-0.25, -0.2) is 0 Å². The molecule has 0 heterocycles. The second kappa shape index (κ2) is 8.05. The van der Waals surface area contributed by atoms with E-state index in [0.717, 1.165) is 24.8 Å². The summed E-state index contributed by atoms with van der Waals surface area (Å²) in [4.78, 5) is 12.0. The molecule has 1 unspecified atom stereocenters. The molecule has 1 aromatic rings. The van der Waals surface area contributed by atoms with E-state index in [1.165, 1.54) is 0 Å². The normalized spacial score (nSPS) is 12.2. The van der Waals surface area contributed by atoms with Gasteiger partial charge in [-0.3, -0.25) is 4.79 Å². The Kier molecular flexibility index (Phi) is 6.71. The minimum absolute atomic E-state index is 0.0295. The summed E-state index contributed by atoms with van der Waals surface area (Å²) < 4.78 is 0. The highest BCUT2D eigenvalue weighted by Crippen LogP contribution is 2.18. The largest absolute Gasteiger partial charge is 0.507 e. The van der Waals surface area contributed by atoms with Crippen molar-refractivity contribution in [2.24, 2.45) is 5.92 Å². The molecule has 0 bridgehead atoms. The number of rotatable bonds is 7. The first-order chi connectivity index (χ1) is 9.08. The minimum atomic E-state index is -0.229. The third-order valence-electron chi connectivity index (χ3n) is 3.16. The van der Waals surface area contributed by atoms with E-state index in [4.69, 9.17) is 11.6 Å². The van der Waals surface area contributed by atoms with Crippen LogP contribution < -0.4 is 5.32 Å². The van der Waals surface area contributed by atoms with Gasteiger partial charge in [-0.05, 0) is 43.4 Å². The van der Waals surface area contributed by atoms with E-state index in [9.17, 15) is 9.90 Å². The minimum Gasteiger partial charge on any atom is -0.507 e. The van der Waals surface area contributed by atoms with Gasteiger partial charge in [-0.15, -0.1) is 11.6 Å². The van der Waals surface area contributed by atoms with Crippen molar-refractivity contribution < 1.29 is 9.90 Å². The number of alkyl halides is 1. The Balaban J connectivity index is 2.58. The highest BCUT2D eigenvalue weighted by atomic mass is 35.5. The van der Waals surface area contributed by atoms with Crippen molar-refractivity contribution in [3.8, 4) is 5.75 Å². The SMILES string of the molecule is CCCC(CCCl)CNC(=O)c1ccc(C)cc1O. The van der Waals surface area contributed by atoms with Gasteiger partial charge >= 0.3 is 0 Å². The number of hydrogen-bond acceptors (Lipinski definition) is 2. The number of nitrogens with one attached hydrogen (secondary N) is 1. The average molecular weight is 284 g/mol. The second-order valence-electron chi connectivity index (χ2n) is 4.86. The third kappa shape index (κ3) is 5.11. The number of aryl methyl sites for hydroxylation is 1. The van der Waals surface area contributed by atoms with Crippen molar-refractivity contribution in [3.63, 3.8) is 0 Å². The van der Waals surface area contributed by atoms with Crippen LogP contribution in [0.15, 0.2) is 18.2 Å². The molecule has 1 aromatic carbocycles. The Morgan fingerprint density at radius 3 is 2.74 bits per heavy atom. The number of phenols is 1. The first-order valence-corrected chi connectivity index (χ1v) is 7.25. The van der Waals surface area contributed by atoms with Gasteiger partial charge < -0.3 is 10.4 Å². The molecule has 0 saturated heterocycles. The van der Waals surface area contributed by atoms with E-state index in [0.29, 0.717) is 23.9 Å². The van der Waals surface area contributed by atoms with Crippen LogP contribution in [0.2, 0.25) is 0 Å². The summed E-state index contributed by atoms with van der Waals surface area (Å²) in [7, 11) is 0. The lowest BCUT2D eigenvalue weighted by molar-refractivity contribution is 0.0943. The van der Waals surface area contributed by atoms with E-state index in [1.54, 1.807) is 12.1 Å². The van der Waals surface area contributed by atoms with Gasteiger partial charge in [-0.1, -0.05) is 19.4 Å². The van der Waals surface area contributed by atoms with Gasteiger partial charge in [0, 0.05) is 12.4 Å². The van der Waals surface area contributed by atoms with Crippen molar-refractivity contribution >= 4 is 17.5 Å². The molecule has 0 saturated carbocycles. The summed E-state index contributed by atoms with van der Waals surface area (Å²) in [5.74, 6) is 0.810. The molecule has 19 heavy (non-hydrogen) atoms. The van der Waals surface area contributed by atoms with Crippen LogP contribution in [0.1, 0.15) is 42.1 Å². The fourth-order valence-corrected chi connectivity index (χ4v) is 2.39. The maximum Gasteiger partial charge on any atom is 0.255 e. The lowest BCUT2D eigenvalue weighted by Crippen LogP contribution is -2.29. The standard InChI is InChI=1S/C15H22ClNO2/c1-3-4-12(7-8-16)10-17-15(19)13-6-5-11(2)9-14(13)18/h5-6,9,12,18H,3-4,7-8,10H2,1-2H3,(H,17,19). The average Bonchev–Trinajstić information content (AvgIpc) is 2.36. The molecule has 1 atom stereocenters. The Hall–Kier alpha value is -1.22. The third-order valence-corrected chi connectivity index (χ3v) is 3.38. The molecule has 0 spiro atoms. The van der Waals surface area contributed by atoms with Crippen LogP contribution in [-0.4, -0.2) is 23.4 Å². The highest BCUT2D eigenvalue weighted by Gasteiger charge is 2.13. The molecule has 4 heteroatoms.